The third kappa shape index (κ3) is 5.35. The van der Waals surface area contributed by atoms with Crippen molar-refractivity contribution in [3.05, 3.63) is 217 Å². The number of thiophene rings is 1. The summed E-state index contributed by atoms with van der Waals surface area (Å²) in [5, 5.41) is 5.17. The third-order valence-corrected chi connectivity index (χ3v) is 13.4. The number of hydrogen-bond donors (Lipinski definition) is 0. The van der Waals surface area contributed by atoms with Gasteiger partial charge in [-0.3, -0.25) is 4.98 Å². The van der Waals surface area contributed by atoms with Gasteiger partial charge in [-0.1, -0.05) is 121 Å². The molecule has 0 amide bonds. The first-order chi connectivity index (χ1) is 28.7. The minimum absolute atomic E-state index is 0.217. The average molecular weight is 757 g/mol. The van der Waals surface area contributed by atoms with Crippen molar-refractivity contribution in [3.8, 4) is 50.3 Å². The maximum absolute atomic E-state index is 4.76. The number of para-hydroxylation sites is 1. The number of aromatic nitrogens is 2. The van der Waals surface area contributed by atoms with Crippen LogP contribution >= 0.6 is 11.3 Å². The molecule has 3 heterocycles. The molecule has 3 heteroatoms. The fraction of sp³-hybridized carbons (Fsp3) is 0.0364. The van der Waals surface area contributed by atoms with Crippen LogP contribution < -0.4 is 0 Å². The highest BCUT2D eigenvalue weighted by Crippen LogP contribution is 2.46. The molecule has 2 nitrogen and oxygen atoms in total. The van der Waals surface area contributed by atoms with Crippen molar-refractivity contribution in [2.45, 2.75) is 12.3 Å². The molecular weight excluding hydrogens is 721 g/mol. The lowest BCUT2D eigenvalue weighted by Crippen LogP contribution is -2.13. The summed E-state index contributed by atoms with van der Waals surface area (Å²) in [6.45, 7) is 0. The molecule has 0 bridgehead atoms. The van der Waals surface area contributed by atoms with Crippen molar-refractivity contribution in [1.29, 1.82) is 0 Å². The molecule has 0 radical (unpaired) electrons. The van der Waals surface area contributed by atoms with Crippen molar-refractivity contribution in [2.75, 3.05) is 0 Å². The summed E-state index contributed by atoms with van der Waals surface area (Å²) in [6.07, 6.45) is 2.82. The van der Waals surface area contributed by atoms with E-state index in [2.05, 4.69) is 193 Å². The Morgan fingerprint density at radius 2 is 1.19 bits per heavy atom. The molecule has 58 heavy (non-hydrogen) atoms. The number of nitrogens with zero attached hydrogens (tertiary/aromatic N) is 2. The Bertz CT molecular complexity index is 3320. The van der Waals surface area contributed by atoms with Gasteiger partial charge in [-0.25, -0.2) is 0 Å². The Morgan fingerprint density at radius 3 is 2.10 bits per heavy atom. The zero-order valence-electron chi connectivity index (χ0n) is 31.6. The van der Waals surface area contributed by atoms with Crippen molar-refractivity contribution >= 4 is 53.3 Å². The van der Waals surface area contributed by atoms with Crippen LogP contribution in [-0.2, 0) is 6.42 Å². The minimum atomic E-state index is 0.217. The molecule has 8 aromatic carbocycles. The van der Waals surface area contributed by atoms with Crippen LogP contribution in [0.25, 0.3) is 92.3 Å². The van der Waals surface area contributed by atoms with Crippen LogP contribution in [0, 0.1) is 0 Å². The molecule has 0 saturated carbocycles. The van der Waals surface area contributed by atoms with Gasteiger partial charge in [0.25, 0.3) is 0 Å². The number of fused-ring (bicyclic) bond motifs is 9. The van der Waals surface area contributed by atoms with Crippen molar-refractivity contribution < 1.29 is 0 Å². The lowest BCUT2D eigenvalue weighted by molar-refractivity contribution is 0.794. The van der Waals surface area contributed by atoms with Gasteiger partial charge < -0.3 is 4.57 Å². The first kappa shape index (κ1) is 33.1. The second-order valence-electron chi connectivity index (χ2n) is 15.5. The van der Waals surface area contributed by atoms with Gasteiger partial charge in [0.05, 0.1) is 16.7 Å². The largest absolute Gasteiger partial charge is 0.309 e. The monoisotopic (exact) mass is 756 g/mol. The molecule has 11 aromatic rings. The Balaban J connectivity index is 0.959. The standard InChI is InChI=1S/C55H36N2S/c1-2-12-35(13-3-1)39-28-40(30-41(29-39)51-18-10-11-27-56-51)48-33-38-22-21-36(31-47(38)43-14-4-5-15-44(43)48)37-23-25-53-49(32-37)45-16-6-8-19-52(45)57(53)42-24-26-55-50(34-42)46-17-7-9-20-54(46)58-55/h1-32,34,48H,33H2. The van der Waals surface area contributed by atoms with Gasteiger partial charge in [-0.2, -0.15) is 0 Å². The van der Waals surface area contributed by atoms with E-state index in [1.807, 2.05) is 23.6 Å². The molecular formula is C55H36N2S. The number of rotatable bonds is 5. The Morgan fingerprint density at radius 1 is 0.448 bits per heavy atom. The van der Waals surface area contributed by atoms with Crippen LogP contribution in [-0.4, -0.2) is 9.55 Å². The topological polar surface area (TPSA) is 17.8 Å². The molecule has 0 aliphatic heterocycles. The second-order valence-corrected chi connectivity index (χ2v) is 16.6. The summed E-state index contributed by atoms with van der Waals surface area (Å²) in [5.41, 5.74) is 17.4. The predicted octanol–water partition coefficient (Wildman–Crippen LogP) is 14.9. The quantitative estimate of drug-likeness (QED) is 0.171. The highest BCUT2D eigenvalue weighted by molar-refractivity contribution is 7.25. The van der Waals surface area contributed by atoms with E-state index in [-0.39, 0.29) is 5.92 Å². The van der Waals surface area contributed by atoms with E-state index in [0.29, 0.717) is 0 Å². The van der Waals surface area contributed by atoms with Gasteiger partial charge in [-0.15, -0.1) is 11.3 Å². The average Bonchev–Trinajstić information content (AvgIpc) is 3.84. The molecule has 1 aliphatic rings. The summed E-state index contributed by atoms with van der Waals surface area (Å²) in [7, 11) is 0. The molecule has 12 rings (SSSR count). The fourth-order valence-corrected chi connectivity index (χ4v) is 10.6. The first-order valence-corrected chi connectivity index (χ1v) is 20.8. The van der Waals surface area contributed by atoms with E-state index in [1.54, 1.807) is 0 Å². The van der Waals surface area contributed by atoms with Crippen molar-refractivity contribution in [3.63, 3.8) is 0 Å². The Labute approximate surface area is 341 Å². The molecule has 0 fully saturated rings. The van der Waals surface area contributed by atoms with Crippen LogP contribution in [0.15, 0.2) is 200 Å². The maximum atomic E-state index is 4.76. The molecule has 1 atom stereocenters. The van der Waals surface area contributed by atoms with Crippen molar-refractivity contribution in [2.24, 2.45) is 0 Å². The zero-order valence-corrected chi connectivity index (χ0v) is 32.5. The normalized spacial score (nSPS) is 13.6. The summed E-state index contributed by atoms with van der Waals surface area (Å²) < 4.78 is 5.09. The SMILES string of the molecule is c1ccc(-c2cc(-c3ccccn3)cc(C3Cc4ccc(-c5ccc6c(c5)c5ccccc5n6-c5ccc6sc7ccccc7c6c5)cc4-c4ccccc43)c2)cc1. The molecule has 1 unspecified atom stereocenters. The number of benzene rings is 8. The molecule has 3 aromatic heterocycles. The highest BCUT2D eigenvalue weighted by atomic mass is 32.1. The van der Waals surface area contributed by atoms with E-state index in [4.69, 9.17) is 4.98 Å². The molecule has 1 aliphatic carbocycles. The lowest BCUT2D eigenvalue weighted by atomic mass is 9.74. The smallest absolute Gasteiger partial charge is 0.0702 e. The second kappa shape index (κ2) is 13.3. The van der Waals surface area contributed by atoms with Gasteiger partial charge in [0.15, 0.2) is 0 Å². The van der Waals surface area contributed by atoms with Gasteiger partial charge in [0.2, 0.25) is 0 Å². The number of pyridine rings is 1. The van der Waals surface area contributed by atoms with E-state index in [9.17, 15) is 0 Å². The van der Waals surface area contributed by atoms with Crippen LogP contribution in [0.5, 0.6) is 0 Å². The van der Waals surface area contributed by atoms with E-state index in [0.717, 1.165) is 17.7 Å². The first-order valence-electron chi connectivity index (χ1n) is 20.0. The van der Waals surface area contributed by atoms with Gasteiger partial charge >= 0.3 is 0 Å². The predicted molar refractivity (Wildman–Crippen MR) is 245 cm³/mol. The van der Waals surface area contributed by atoms with Crippen LogP contribution in [0.3, 0.4) is 0 Å². The molecule has 0 N–H and O–H groups in total. The number of hydrogen-bond acceptors (Lipinski definition) is 2. The Hall–Kier alpha value is -7.07. The Kier molecular flexibility index (Phi) is 7.57. The van der Waals surface area contributed by atoms with Gasteiger partial charge in [0.1, 0.15) is 0 Å². The van der Waals surface area contributed by atoms with Gasteiger partial charge in [-0.05, 0) is 129 Å². The zero-order chi connectivity index (χ0) is 38.2. The van der Waals surface area contributed by atoms with Crippen LogP contribution in [0.1, 0.15) is 22.6 Å². The third-order valence-electron chi connectivity index (χ3n) is 12.2. The molecule has 272 valence electrons. The summed E-state index contributed by atoms with van der Waals surface area (Å²) >= 11 is 1.87. The summed E-state index contributed by atoms with van der Waals surface area (Å²) in [6, 6.07) is 71.7. The van der Waals surface area contributed by atoms with Crippen LogP contribution in [0.2, 0.25) is 0 Å². The van der Waals surface area contributed by atoms with Gasteiger partial charge in [0, 0.05) is 54.3 Å². The lowest BCUT2D eigenvalue weighted by Gasteiger charge is -2.29. The van der Waals surface area contributed by atoms with Crippen molar-refractivity contribution in [1.82, 2.24) is 9.55 Å². The van der Waals surface area contributed by atoms with E-state index >= 15 is 0 Å². The van der Waals surface area contributed by atoms with Crippen LogP contribution in [0.4, 0.5) is 0 Å². The summed E-state index contributed by atoms with van der Waals surface area (Å²) in [5.74, 6) is 0.217. The fourth-order valence-electron chi connectivity index (χ4n) is 9.47. The van der Waals surface area contributed by atoms with E-state index < -0.39 is 0 Å². The maximum Gasteiger partial charge on any atom is 0.0702 e. The molecule has 0 saturated heterocycles. The highest BCUT2D eigenvalue weighted by Gasteiger charge is 2.27. The molecule has 0 spiro atoms. The minimum Gasteiger partial charge on any atom is -0.309 e. The summed E-state index contributed by atoms with van der Waals surface area (Å²) in [4.78, 5) is 4.76. The van der Waals surface area contributed by atoms with E-state index in [1.165, 1.54) is 97.7 Å².